The zero-order chi connectivity index (χ0) is 11.4. The van der Waals surface area contributed by atoms with E-state index >= 15 is 0 Å². The van der Waals surface area contributed by atoms with Gasteiger partial charge >= 0.3 is 6.01 Å². The van der Waals surface area contributed by atoms with Gasteiger partial charge in [-0.05, 0) is 12.5 Å². The molecule has 84 valence electrons. The molecule has 2 rings (SSSR count). The molecule has 1 heterocycles. The van der Waals surface area contributed by atoms with E-state index in [0.717, 1.165) is 5.56 Å². The van der Waals surface area contributed by atoms with E-state index < -0.39 is 6.10 Å². The first-order valence-corrected chi connectivity index (χ1v) is 5.03. The first-order chi connectivity index (χ1) is 7.75. The lowest BCUT2D eigenvalue weighted by Gasteiger charge is -2.10. The number of benzene rings is 1. The minimum absolute atomic E-state index is 0.326. The second kappa shape index (κ2) is 4.76. The topological polar surface area (TPSA) is 71.2 Å². The molecule has 0 spiro atoms. The molecule has 1 aromatic carbocycles. The lowest BCUT2D eigenvalue weighted by molar-refractivity contribution is 0.190. The third kappa shape index (κ3) is 2.58. The standard InChI is InChI=1S/C11H13N3O2/c1-8-13-11(16-14-8)12-7-10(15)9-5-3-2-4-6-9/h2-6,10,15H,7H2,1H3,(H,12,13,14). The van der Waals surface area contributed by atoms with Gasteiger partial charge in [0.25, 0.3) is 0 Å². The van der Waals surface area contributed by atoms with Gasteiger partial charge in [-0.2, -0.15) is 4.98 Å². The third-order valence-corrected chi connectivity index (χ3v) is 2.16. The Morgan fingerprint density at radius 1 is 1.38 bits per heavy atom. The third-order valence-electron chi connectivity index (χ3n) is 2.16. The van der Waals surface area contributed by atoms with Gasteiger partial charge in [-0.15, -0.1) is 0 Å². The van der Waals surface area contributed by atoms with Crippen molar-refractivity contribution >= 4 is 6.01 Å². The number of aliphatic hydroxyl groups is 1. The van der Waals surface area contributed by atoms with Crippen LogP contribution in [0, 0.1) is 6.92 Å². The summed E-state index contributed by atoms with van der Waals surface area (Å²) in [5.74, 6) is 0.566. The maximum atomic E-state index is 9.84. The van der Waals surface area contributed by atoms with Crippen LogP contribution in [-0.2, 0) is 0 Å². The van der Waals surface area contributed by atoms with E-state index in [1.165, 1.54) is 0 Å². The summed E-state index contributed by atoms with van der Waals surface area (Å²) >= 11 is 0. The molecule has 0 saturated heterocycles. The van der Waals surface area contributed by atoms with Crippen LogP contribution in [0.5, 0.6) is 0 Å². The van der Waals surface area contributed by atoms with Crippen molar-refractivity contribution in [1.82, 2.24) is 10.1 Å². The Bertz CT molecular complexity index is 442. The fourth-order valence-electron chi connectivity index (χ4n) is 1.35. The maximum Gasteiger partial charge on any atom is 0.321 e. The van der Waals surface area contributed by atoms with Gasteiger partial charge in [-0.1, -0.05) is 35.5 Å². The summed E-state index contributed by atoms with van der Waals surface area (Å²) in [7, 11) is 0. The Hall–Kier alpha value is -1.88. The van der Waals surface area contributed by atoms with Crippen molar-refractivity contribution in [2.75, 3.05) is 11.9 Å². The molecule has 1 unspecified atom stereocenters. The molecule has 0 amide bonds. The molecule has 5 heteroatoms. The van der Waals surface area contributed by atoms with Crippen LogP contribution in [0.4, 0.5) is 6.01 Å². The predicted octanol–water partition coefficient (Wildman–Crippen LogP) is 1.52. The number of aryl methyl sites for hydroxylation is 1. The van der Waals surface area contributed by atoms with Crippen molar-refractivity contribution in [2.24, 2.45) is 0 Å². The second-order valence-corrected chi connectivity index (χ2v) is 3.45. The highest BCUT2D eigenvalue weighted by Gasteiger charge is 2.08. The highest BCUT2D eigenvalue weighted by molar-refractivity contribution is 5.22. The van der Waals surface area contributed by atoms with E-state index in [1.54, 1.807) is 6.92 Å². The van der Waals surface area contributed by atoms with Crippen LogP contribution in [0.25, 0.3) is 0 Å². The van der Waals surface area contributed by atoms with Gasteiger partial charge in [0.1, 0.15) is 0 Å². The Labute approximate surface area is 93.1 Å². The van der Waals surface area contributed by atoms with E-state index in [1.807, 2.05) is 30.3 Å². The average Bonchev–Trinajstić information content (AvgIpc) is 2.73. The Kier molecular flexibility index (Phi) is 3.16. The van der Waals surface area contributed by atoms with Gasteiger partial charge in [0.05, 0.1) is 6.10 Å². The lowest BCUT2D eigenvalue weighted by Crippen LogP contribution is -2.12. The molecular weight excluding hydrogens is 206 g/mol. The number of nitrogens with zero attached hydrogens (tertiary/aromatic N) is 2. The molecule has 5 nitrogen and oxygen atoms in total. The highest BCUT2D eigenvalue weighted by atomic mass is 16.5. The number of rotatable bonds is 4. The molecule has 0 aliphatic rings. The Balaban J connectivity index is 1.91. The quantitative estimate of drug-likeness (QED) is 0.815. The first-order valence-electron chi connectivity index (χ1n) is 5.03. The van der Waals surface area contributed by atoms with Gasteiger partial charge in [-0.25, -0.2) is 0 Å². The molecule has 0 aliphatic carbocycles. The van der Waals surface area contributed by atoms with Crippen molar-refractivity contribution in [1.29, 1.82) is 0 Å². The molecule has 0 radical (unpaired) electrons. The molecule has 16 heavy (non-hydrogen) atoms. The highest BCUT2D eigenvalue weighted by Crippen LogP contribution is 2.12. The number of aromatic nitrogens is 2. The fourth-order valence-corrected chi connectivity index (χ4v) is 1.35. The fraction of sp³-hybridized carbons (Fsp3) is 0.273. The Morgan fingerprint density at radius 2 is 2.12 bits per heavy atom. The summed E-state index contributed by atoms with van der Waals surface area (Å²) in [6.45, 7) is 2.08. The molecule has 2 N–H and O–H groups in total. The summed E-state index contributed by atoms with van der Waals surface area (Å²) in [5, 5.41) is 16.3. The van der Waals surface area contributed by atoms with Crippen LogP contribution in [0.2, 0.25) is 0 Å². The number of hydrogen-bond donors (Lipinski definition) is 2. The molecule has 1 atom stereocenters. The summed E-state index contributed by atoms with van der Waals surface area (Å²) in [4.78, 5) is 3.98. The normalized spacial score (nSPS) is 12.4. The number of anilines is 1. The van der Waals surface area contributed by atoms with Gasteiger partial charge in [0.15, 0.2) is 5.82 Å². The number of aliphatic hydroxyl groups excluding tert-OH is 1. The van der Waals surface area contributed by atoms with E-state index in [4.69, 9.17) is 4.52 Å². The monoisotopic (exact) mass is 219 g/mol. The van der Waals surface area contributed by atoms with Crippen LogP contribution in [0.3, 0.4) is 0 Å². The van der Waals surface area contributed by atoms with Gasteiger partial charge in [0.2, 0.25) is 0 Å². The molecule has 0 saturated carbocycles. The zero-order valence-electron chi connectivity index (χ0n) is 8.92. The predicted molar refractivity (Wildman–Crippen MR) is 58.9 cm³/mol. The summed E-state index contributed by atoms with van der Waals surface area (Å²) in [6, 6.07) is 9.74. The van der Waals surface area contributed by atoms with Crippen molar-refractivity contribution in [3.63, 3.8) is 0 Å². The van der Waals surface area contributed by atoms with Crippen molar-refractivity contribution in [3.05, 3.63) is 41.7 Å². The smallest absolute Gasteiger partial charge is 0.321 e. The van der Waals surface area contributed by atoms with Crippen LogP contribution in [-0.4, -0.2) is 21.8 Å². The number of hydrogen-bond acceptors (Lipinski definition) is 5. The average molecular weight is 219 g/mol. The van der Waals surface area contributed by atoms with Crippen LogP contribution in [0.15, 0.2) is 34.9 Å². The first kappa shape index (κ1) is 10.6. The SMILES string of the molecule is Cc1noc(NCC(O)c2ccccc2)n1. The van der Waals surface area contributed by atoms with Crippen LogP contribution < -0.4 is 5.32 Å². The molecular formula is C11H13N3O2. The van der Waals surface area contributed by atoms with Gasteiger partial charge < -0.3 is 14.9 Å². The van der Waals surface area contributed by atoms with Gasteiger partial charge in [-0.3, -0.25) is 0 Å². The minimum Gasteiger partial charge on any atom is -0.387 e. The largest absolute Gasteiger partial charge is 0.387 e. The van der Waals surface area contributed by atoms with Gasteiger partial charge in [0, 0.05) is 6.54 Å². The second-order valence-electron chi connectivity index (χ2n) is 3.45. The van der Waals surface area contributed by atoms with E-state index in [-0.39, 0.29) is 0 Å². The van der Waals surface area contributed by atoms with E-state index in [2.05, 4.69) is 15.5 Å². The van der Waals surface area contributed by atoms with Crippen LogP contribution >= 0.6 is 0 Å². The maximum absolute atomic E-state index is 9.84. The number of nitrogens with one attached hydrogen (secondary N) is 1. The minimum atomic E-state index is -0.589. The van der Waals surface area contributed by atoms with Crippen molar-refractivity contribution in [2.45, 2.75) is 13.0 Å². The molecule has 0 aliphatic heterocycles. The van der Waals surface area contributed by atoms with Crippen molar-refractivity contribution < 1.29 is 9.63 Å². The molecule has 2 aromatic rings. The summed E-state index contributed by atoms with van der Waals surface area (Å²) in [5.41, 5.74) is 0.853. The zero-order valence-corrected chi connectivity index (χ0v) is 8.92. The lowest BCUT2D eigenvalue weighted by atomic mass is 10.1. The molecule has 0 bridgehead atoms. The molecule has 1 aromatic heterocycles. The molecule has 0 fully saturated rings. The van der Waals surface area contributed by atoms with E-state index in [0.29, 0.717) is 18.4 Å². The summed E-state index contributed by atoms with van der Waals surface area (Å²) in [6.07, 6.45) is -0.589. The summed E-state index contributed by atoms with van der Waals surface area (Å²) < 4.78 is 4.87. The Morgan fingerprint density at radius 3 is 2.75 bits per heavy atom. The van der Waals surface area contributed by atoms with Crippen molar-refractivity contribution in [3.8, 4) is 0 Å². The van der Waals surface area contributed by atoms with E-state index in [9.17, 15) is 5.11 Å². The van der Waals surface area contributed by atoms with Crippen LogP contribution in [0.1, 0.15) is 17.5 Å².